The number of carbonyl (C=O) groups excluding carboxylic acids is 1. The van der Waals surface area contributed by atoms with Gasteiger partial charge in [-0.05, 0) is 0 Å². The Morgan fingerprint density at radius 2 is 2.29 bits per heavy atom. The Bertz CT molecular complexity index is 109. The van der Waals surface area contributed by atoms with E-state index in [4.69, 9.17) is 6.82 Å². The molecular weight excluding hydrogens is 96.0 g/mol. The zero-order valence-electron chi connectivity index (χ0n) is 4.51. The molecule has 0 heterocycles. The molecule has 6 N–H and O–H groups in total. The molecule has 5 heteroatoms. The first-order chi connectivity index (χ1) is 3.55. The number of amides is 2. The minimum atomic E-state index is -1.06. The highest BCUT2D eigenvalue weighted by Gasteiger charge is 1.88. The summed E-state index contributed by atoms with van der Waals surface area (Å²) in [4.78, 5) is 9.88. The number of hydrogen-bond donors (Lipinski definition) is 4. The van der Waals surface area contributed by atoms with Crippen molar-refractivity contribution in [3.63, 3.8) is 0 Å². The molecule has 0 aromatic rings. The summed E-state index contributed by atoms with van der Waals surface area (Å²) >= 11 is 0. The third kappa shape index (κ3) is 4.74. The van der Waals surface area contributed by atoms with Crippen molar-refractivity contribution in [2.75, 3.05) is 0 Å². The van der Waals surface area contributed by atoms with Gasteiger partial charge >= 0.3 is 6.03 Å². The Morgan fingerprint density at radius 1 is 1.86 bits per heavy atom. The SMILES string of the molecule is [2H]N(C(=N)N)C(N)=O. The van der Waals surface area contributed by atoms with Gasteiger partial charge in [0.15, 0.2) is 7.37 Å². The van der Waals surface area contributed by atoms with E-state index >= 15 is 0 Å². The second kappa shape index (κ2) is 2.01. The zero-order chi connectivity index (χ0) is 6.73. The summed E-state index contributed by atoms with van der Waals surface area (Å²) in [5, 5.41) is 6.53. The van der Waals surface area contributed by atoms with Crippen molar-refractivity contribution in [1.82, 2.24) is 5.31 Å². The van der Waals surface area contributed by atoms with Crippen molar-refractivity contribution in [1.29, 1.82) is 5.41 Å². The maximum absolute atomic E-state index is 9.88. The molecule has 2 amide bonds. The summed E-state index contributed by atoms with van der Waals surface area (Å²) in [6, 6.07) is -1.06. The lowest BCUT2D eigenvalue weighted by Gasteiger charge is -1.91. The van der Waals surface area contributed by atoms with Crippen LogP contribution in [0.25, 0.3) is 0 Å². The van der Waals surface area contributed by atoms with Crippen LogP contribution in [-0.2, 0) is 0 Å². The molecule has 0 radical (unpaired) electrons. The molecule has 0 atom stereocenters. The molecule has 0 spiro atoms. The summed E-state index contributed by atoms with van der Waals surface area (Å²) in [5.41, 5.74) is 9.17. The quantitative estimate of drug-likeness (QED) is 0.222. The topological polar surface area (TPSA) is 105 Å². The molecule has 0 saturated heterocycles. The van der Waals surface area contributed by atoms with Crippen LogP contribution >= 0.6 is 0 Å². The predicted octanol–water partition coefficient (Wildman–Crippen LogP) is -1.45. The standard InChI is InChI=1S/C2H6N4O/c3-1(4)6-2(5)7/h(H6,3,4,5,6,7)/i/hD. The number of primary amides is 1. The van der Waals surface area contributed by atoms with Gasteiger partial charge in [-0.15, -0.1) is 0 Å². The first-order valence-electron chi connectivity index (χ1n) is 1.93. The molecular formula is C2H6N4O. The number of rotatable bonds is 0. The summed E-state index contributed by atoms with van der Waals surface area (Å²) in [5.74, 6) is -0.683. The summed E-state index contributed by atoms with van der Waals surface area (Å²) in [6.45, 7) is 0. The first-order valence-corrected chi connectivity index (χ1v) is 1.48. The predicted molar refractivity (Wildman–Crippen MR) is 24.6 cm³/mol. The summed E-state index contributed by atoms with van der Waals surface area (Å²) < 4.78 is 6.49. The maximum atomic E-state index is 9.88. The third-order valence-corrected chi connectivity index (χ3v) is 0.231. The van der Waals surface area contributed by atoms with Crippen molar-refractivity contribution in [3.05, 3.63) is 0 Å². The lowest BCUT2D eigenvalue weighted by molar-refractivity contribution is 0.253. The van der Waals surface area contributed by atoms with Crippen LogP contribution < -0.4 is 16.8 Å². The minimum absolute atomic E-state index is 0.0833. The van der Waals surface area contributed by atoms with E-state index in [9.17, 15) is 4.79 Å². The van der Waals surface area contributed by atoms with Crippen LogP contribution in [0.1, 0.15) is 0 Å². The van der Waals surface area contributed by atoms with E-state index in [1.54, 1.807) is 0 Å². The van der Waals surface area contributed by atoms with Crippen molar-refractivity contribution in [2.45, 2.75) is 0 Å². The number of carbonyl (C=O) groups is 1. The summed E-state index contributed by atoms with van der Waals surface area (Å²) in [7, 11) is 0. The van der Waals surface area contributed by atoms with Crippen LogP contribution in [0.15, 0.2) is 0 Å². The fraction of sp³-hybridized carbons (Fsp3) is 0. The first kappa shape index (κ1) is 3.91. The highest BCUT2D eigenvalue weighted by molar-refractivity contribution is 5.92. The molecule has 40 valence electrons. The molecule has 0 bridgehead atoms. The average Bonchev–Trinajstić information content (AvgIpc) is 1.64. The van der Waals surface area contributed by atoms with Crippen molar-refractivity contribution in [2.24, 2.45) is 11.5 Å². The second-order valence-electron chi connectivity index (χ2n) is 0.835. The van der Waals surface area contributed by atoms with Crippen LogP contribution in [0.5, 0.6) is 0 Å². The van der Waals surface area contributed by atoms with Crippen LogP contribution in [0.3, 0.4) is 0 Å². The zero-order valence-corrected chi connectivity index (χ0v) is 3.51. The normalized spacial score (nSPS) is 9.43. The minimum Gasteiger partial charge on any atom is -0.370 e. The molecule has 0 rings (SSSR count). The van der Waals surface area contributed by atoms with Gasteiger partial charge in [0.2, 0.25) is 0 Å². The van der Waals surface area contributed by atoms with Crippen LogP contribution in [-0.4, -0.2) is 12.0 Å². The van der Waals surface area contributed by atoms with E-state index in [2.05, 4.69) is 11.5 Å². The molecule has 0 aliphatic heterocycles. The molecule has 0 aliphatic carbocycles. The fourth-order valence-electron chi connectivity index (χ4n) is 0.119. The second-order valence-corrected chi connectivity index (χ2v) is 0.835. The smallest absolute Gasteiger partial charge is 0.318 e. The lowest BCUT2D eigenvalue weighted by Crippen LogP contribution is -2.39. The van der Waals surface area contributed by atoms with E-state index in [-0.39, 0.29) is 5.31 Å². The molecule has 0 fully saturated rings. The maximum Gasteiger partial charge on any atom is 0.318 e. The third-order valence-electron chi connectivity index (χ3n) is 0.231. The van der Waals surface area contributed by atoms with E-state index in [1.807, 2.05) is 0 Å². The van der Waals surface area contributed by atoms with Gasteiger partial charge in [-0.25, -0.2) is 4.79 Å². The Balaban J connectivity index is 3.83. The van der Waals surface area contributed by atoms with Gasteiger partial charge in [0.05, 0.1) is 0 Å². The van der Waals surface area contributed by atoms with E-state index in [0.717, 1.165) is 0 Å². The Labute approximate surface area is 41.6 Å². The van der Waals surface area contributed by atoms with Crippen molar-refractivity contribution >= 4 is 12.0 Å². The van der Waals surface area contributed by atoms with E-state index in [0.29, 0.717) is 0 Å². The van der Waals surface area contributed by atoms with Gasteiger partial charge in [0.25, 0.3) is 0 Å². The average molecular weight is 103 g/mol. The molecule has 0 saturated carbocycles. The van der Waals surface area contributed by atoms with Crippen molar-refractivity contribution < 1.29 is 6.21 Å². The van der Waals surface area contributed by atoms with Crippen LogP contribution in [0, 0.1) is 5.41 Å². The highest BCUT2D eigenvalue weighted by Crippen LogP contribution is 1.48. The van der Waals surface area contributed by atoms with Gasteiger partial charge in [-0.3, -0.25) is 10.7 Å². The fourth-order valence-corrected chi connectivity index (χ4v) is 0.119. The number of guanidine groups is 1. The Morgan fingerprint density at radius 3 is 2.29 bits per heavy atom. The van der Waals surface area contributed by atoms with Gasteiger partial charge < -0.3 is 11.5 Å². The van der Waals surface area contributed by atoms with Gasteiger partial charge in [0, 0.05) is 0 Å². The summed E-state index contributed by atoms with van der Waals surface area (Å²) in [6.07, 6.45) is 0. The molecule has 0 aromatic heterocycles. The number of nitrogens with one attached hydrogen (secondary N) is 2. The van der Waals surface area contributed by atoms with Crippen LogP contribution in [0.4, 0.5) is 4.79 Å². The number of urea groups is 1. The Hall–Kier alpha value is -1.26. The van der Waals surface area contributed by atoms with Gasteiger partial charge in [-0.1, -0.05) is 0 Å². The number of nitrogens with two attached hydrogens (primary N) is 2. The van der Waals surface area contributed by atoms with E-state index < -0.39 is 12.0 Å². The van der Waals surface area contributed by atoms with Gasteiger partial charge in [-0.2, -0.15) is 0 Å². The Kier molecular flexibility index (Phi) is 1.13. The molecule has 5 nitrogen and oxygen atoms in total. The van der Waals surface area contributed by atoms with Crippen LogP contribution in [0.2, 0.25) is 1.41 Å². The monoisotopic (exact) mass is 103 g/mol. The largest absolute Gasteiger partial charge is 0.370 e. The molecule has 0 aliphatic rings. The van der Waals surface area contributed by atoms with E-state index in [1.165, 1.54) is 0 Å². The highest BCUT2D eigenvalue weighted by atomic mass is 16.2. The number of hydrogen-bond acceptors (Lipinski definition) is 2. The molecule has 0 aromatic carbocycles. The lowest BCUT2D eigenvalue weighted by atomic mass is 10.9. The molecule has 0 unspecified atom stereocenters. The van der Waals surface area contributed by atoms with Gasteiger partial charge in [0.1, 0.15) is 0 Å². The van der Waals surface area contributed by atoms with Crippen molar-refractivity contribution in [3.8, 4) is 0 Å². The molecule has 7 heavy (non-hydrogen) atoms.